The van der Waals surface area contributed by atoms with Crippen LogP contribution in [0.5, 0.6) is 0 Å². The molecule has 0 spiro atoms. The SMILES string of the molecule is CCCCCCCC(=O)NCCCC(F)(F)C(F)(F)C(F)(F)C(F)(F)C(F)(F)C(F)(F)C(F)(F)C(F)(F)F. The van der Waals surface area contributed by atoms with Crippen molar-refractivity contribution in [3.8, 4) is 0 Å². The highest BCUT2D eigenvalue weighted by atomic mass is 19.4. The molecule has 38 heavy (non-hydrogen) atoms. The molecule has 0 rings (SSSR count). The predicted octanol–water partition coefficient (Wildman–Crippen LogP) is 8.25. The standard InChI is InChI=1S/C19H22F17NO/c1-2-3-4-5-6-8-11(38)37-10-7-9-12(20,21)13(22,23)14(24,25)15(26,27)16(28,29)17(30,31)18(32,33)19(34,35)36/h2-10H2,1H3,(H,37,38). The van der Waals surface area contributed by atoms with Crippen molar-refractivity contribution in [3.05, 3.63) is 0 Å². The van der Waals surface area contributed by atoms with Crippen molar-refractivity contribution in [1.82, 2.24) is 5.32 Å². The smallest absolute Gasteiger partial charge is 0.356 e. The van der Waals surface area contributed by atoms with Gasteiger partial charge in [-0.05, 0) is 12.8 Å². The van der Waals surface area contributed by atoms with E-state index in [1.165, 1.54) is 0 Å². The summed E-state index contributed by atoms with van der Waals surface area (Å²) in [4.78, 5) is 11.5. The van der Waals surface area contributed by atoms with Gasteiger partial charge in [0.15, 0.2) is 0 Å². The molecule has 0 heterocycles. The monoisotopic (exact) mass is 603 g/mol. The van der Waals surface area contributed by atoms with Crippen molar-refractivity contribution in [2.45, 2.75) is 106 Å². The van der Waals surface area contributed by atoms with Crippen LogP contribution in [-0.4, -0.2) is 60.1 Å². The molecule has 0 aliphatic rings. The third-order valence-corrected chi connectivity index (χ3v) is 5.28. The van der Waals surface area contributed by atoms with Gasteiger partial charge in [0.2, 0.25) is 5.91 Å². The maximum Gasteiger partial charge on any atom is 0.460 e. The van der Waals surface area contributed by atoms with Crippen molar-refractivity contribution in [1.29, 1.82) is 0 Å². The molecular weight excluding hydrogens is 581 g/mol. The summed E-state index contributed by atoms with van der Waals surface area (Å²) in [5, 5.41) is 1.88. The normalized spacial score (nSPS) is 15.1. The van der Waals surface area contributed by atoms with Gasteiger partial charge in [0.05, 0.1) is 0 Å². The highest BCUT2D eigenvalue weighted by Crippen LogP contribution is 2.64. The zero-order valence-electron chi connectivity index (χ0n) is 19.2. The first-order valence-electron chi connectivity index (χ1n) is 10.7. The first-order chi connectivity index (χ1) is 16.7. The maximum atomic E-state index is 13.7. The van der Waals surface area contributed by atoms with Crippen molar-refractivity contribution < 1.29 is 79.4 Å². The van der Waals surface area contributed by atoms with Crippen LogP contribution in [0, 0.1) is 0 Å². The van der Waals surface area contributed by atoms with Gasteiger partial charge in [-0.2, -0.15) is 74.6 Å². The quantitative estimate of drug-likeness (QED) is 0.140. The van der Waals surface area contributed by atoms with Crippen LogP contribution in [0.3, 0.4) is 0 Å². The Labute approximate surface area is 204 Å². The number of unbranched alkanes of at least 4 members (excludes halogenated alkanes) is 4. The molecule has 2 nitrogen and oxygen atoms in total. The van der Waals surface area contributed by atoms with Crippen molar-refractivity contribution in [2.24, 2.45) is 0 Å². The average Bonchev–Trinajstić information content (AvgIpc) is 2.74. The second kappa shape index (κ2) is 11.8. The summed E-state index contributed by atoms with van der Waals surface area (Å²) in [6.07, 6.45) is -8.57. The Kier molecular flexibility index (Phi) is 11.3. The number of nitrogens with one attached hydrogen (secondary N) is 1. The summed E-state index contributed by atoms with van der Waals surface area (Å²) < 4.78 is 224. The van der Waals surface area contributed by atoms with Gasteiger partial charge in [0, 0.05) is 19.4 Å². The van der Waals surface area contributed by atoms with Crippen LogP contribution in [0.25, 0.3) is 0 Å². The van der Waals surface area contributed by atoms with Gasteiger partial charge < -0.3 is 5.32 Å². The molecule has 0 fully saturated rings. The first kappa shape index (κ1) is 36.3. The Bertz CT molecular complexity index is 776. The van der Waals surface area contributed by atoms with E-state index in [4.69, 9.17) is 0 Å². The molecule has 0 radical (unpaired) electrons. The van der Waals surface area contributed by atoms with Gasteiger partial charge in [-0.25, -0.2) is 0 Å². The van der Waals surface area contributed by atoms with Crippen LogP contribution >= 0.6 is 0 Å². The van der Waals surface area contributed by atoms with Gasteiger partial charge >= 0.3 is 47.6 Å². The number of halogens is 17. The third-order valence-electron chi connectivity index (χ3n) is 5.28. The molecule has 0 aromatic heterocycles. The molecule has 0 aromatic carbocycles. The van der Waals surface area contributed by atoms with Crippen molar-refractivity contribution in [2.75, 3.05) is 6.54 Å². The van der Waals surface area contributed by atoms with Crippen LogP contribution < -0.4 is 5.32 Å². The first-order valence-corrected chi connectivity index (χ1v) is 10.7. The van der Waals surface area contributed by atoms with E-state index >= 15 is 0 Å². The Morgan fingerprint density at radius 1 is 0.526 bits per heavy atom. The lowest BCUT2D eigenvalue weighted by Gasteiger charge is -2.42. The summed E-state index contributed by atoms with van der Waals surface area (Å²) >= 11 is 0. The molecule has 0 saturated heterocycles. The second-order valence-electron chi connectivity index (χ2n) is 8.27. The summed E-state index contributed by atoms with van der Waals surface area (Å²) in [6, 6.07) is 0. The van der Waals surface area contributed by atoms with E-state index < -0.39 is 72.9 Å². The van der Waals surface area contributed by atoms with E-state index in [1.54, 1.807) is 0 Å². The number of hydrogen-bond acceptors (Lipinski definition) is 1. The molecule has 0 unspecified atom stereocenters. The lowest BCUT2D eigenvalue weighted by molar-refractivity contribution is -0.461. The molecule has 1 amide bonds. The van der Waals surface area contributed by atoms with Crippen LogP contribution in [-0.2, 0) is 4.79 Å². The molecule has 0 aromatic rings. The molecule has 0 bridgehead atoms. The largest absolute Gasteiger partial charge is 0.460 e. The van der Waals surface area contributed by atoms with E-state index in [0.29, 0.717) is 12.8 Å². The highest BCUT2D eigenvalue weighted by Gasteiger charge is 2.95. The highest BCUT2D eigenvalue weighted by molar-refractivity contribution is 5.75. The molecule has 0 saturated carbocycles. The number of alkyl halides is 17. The van der Waals surface area contributed by atoms with Crippen molar-refractivity contribution >= 4 is 5.91 Å². The Hall–Kier alpha value is -1.72. The van der Waals surface area contributed by atoms with Crippen molar-refractivity contribution in [3.63, 3.8) is 0 Å². The number of amides is 1. The maximum absolute atomic E-state index is 13.7. The van der Waals surface area contributed by atoms with Crippen LogP contribution in [0.2, 0.25) is 0 Å². The minimum Gasteiger partial charge on any atom is -0.356 e. The van der Waals surface area contributed by atoms with Gasteiger partial charge in [0.25, 0.3) is 0 Å². The Morgan fingerprint density at radius 3 is 1.34 bits per heavy atom. The molecule has 228 valence electrons. The van der Waals surface area contributed by atoms with Crippen LogP contribution in [0.4, 0.5) is 74.6 Å². The molecule has 1 N–H and O–H groups in total. The zero-order chi connectivity index (χ0) is 30.6. The number of hydrogen-bond donors (Lipinski definition) is 1. The van der Waals surface area contributed by atoms with Gasteiger partial charge in [0.1, 0.15) is 0 Å². The lowest BCUT2D eigenvalue weighted by Crippen LogP contribution is -2.74. The van der Waals surface area contributed by atoms with Gasteiger partial charge in [-0.3, -0.25) is 4.79 Å². The average molecular weight is 603 g/mol. The molecular formula is C19H22F17NO. The lowest BCUT2D eigenvalue weighted by atomic mass is 9.88. The van der Waals surface area contributed by atoms with E-state index in [2.05, 4.69) is 0 Å². The molecule has 0 atom stereocenters. The van der Waals surface area contributed by atoms with Gasteiger partial charge in [-0.15, -0.1) is 0 Å². The number of rotatable bonds is 16. The fraction of sp³-hybridized carbons (Fsp3) is 0.947. The summed E-state index contributed by atoms with van der Waals surface area (Å²) in [5.41, 5.74) is 0. The fourth-order valence-electron chi connectivity index (χ4n) is 2.87. The van der Waals surface area contributed by atoms with E-state index in [9.17, 15) is 79.4 Å². The third kappa shape index (κ3) is 6.53. The molecule has 19 heteroatoms. The topological polar surface area (TPSA) is 29.1 Å². The Balaban J connectivity index is 5.68. The zero-order valence-corrected chi connectivity index (χ0v) is 19.2. The minimum atomic E-state index is -8.63. The Morgan fingerprint density at radius 2 is 0.921 bits per heavy atom. The van der Waals surface area contributed by atoms with Crippen LogP contribution in [0.1, 0.15) is 58.3 Å². The van der Waals surface area contributed by atoms with E-state index in [-0.39, 0.29) is 6.42 Å². The minimum absolute atomic E-state index is 0.174. The summed E-state index contributed by atoms with van der Waals surface area (Å²) in [6.45, 7) is 0.934. The molecule has 0 aliphatic carbocycles. The summed E-state index contributed by atoms with van der Waals surface area (Å²) in [5.74, 6) is -57.1. The number of carbonyl (C=O) groups excluding carboxylic acids is 1. The second-order valence-corrected chi connectivity index (χ2v) is 8.27. The van der Waals surface area contributed by atoms with E-state index in [0.717, 1.165) is 19.3 Å². The fourth-order valence-corrected chi connectivity index (χ4v) is 2.87. The molecule has 0 aliphatic heterocycles. The van der Waals surface area contributed by atoms with E-state index in [1.807, 2.05) is 12.2 Å². The summed E-state index contributed by atoms with van der Waals surface area (Å²) in [7, 11) is 0. The number of carbonyl (C=O) groups is 1. The van der Waals surface area contributed by atoms with Crippen LogP contribution in [0.15, 0.2) is 0 Å². The predicted molar refractivity (Wildman–Crippen MR) is 96.3 cm³/mol. The van der Waals surface area contributed by atoms with Gasteiger partial charge in [-0.1, -0.05) is 32.6 Å².